The SMILES string of the molecule is CCNC(c1cnccn1)c1csnn1. The highest BCUT2D eigenvalue weighted by Gasteiger charge is 2.16. The molecule has 1 atom stereocenters. The summed E-state index contributed by atoms with van der Waals surface area (Å²) in [6.07, 6.45) is 5.08. The summed E-state index contributed by atoms with van der Waals surface area (Å²) < 4.78 is 3.85. The van der Waals surface area contributed by atoms with Crippen molar-refractivity contribution in [1.82, 2.24) is 24.9 Å². The van der Waals surface area contributed by atoms with E-state index in [2.05, 4.69) is 24.9 Å². The summed E-state index contributed by atoms with van der Waals surface area (Å²) in [7, 11) is 0. The van der Waals surface area contributed by atoms with E-state index in [0.717, 1.165) is 17.9 Å². The number of rotatable bonds is 4. The van der Waals surface area contributed by atoms with Crippen LogP contribution < -0.4 is 5.32 Å². The Morgan fingerprint density at radius 2 is 2.33 bits per heavy atom. The molecule has 15 heavy (non-hydrogen) atoms. The monoisotopic (exact) mass is 221 g/mol. The molecule has 0 aliphatic rings. The first-order valence-corrected chi connectivity index (χ1v) is 5.51. The van der Waals surface area contributed by atoms with E-state index in [9.17, 15) is 0 Å². The van der Waals surface area contributed by atoms with Gasteiger partial charge < -0.3 is 5.32 Å². The van der Waals surface area contributed by atoms with Crippen LogP contribution in [0.3, 0.4) is 0 Å². The molecule has 5 nitrogen and oxygen atoms in total. The van der Waals surface area contributed by atoms with Crippen molar-refractivity contribution in [2.45, 2.75) is 13.0 Å². The average molecular weight is 221 g/mol. The van der Waals surface area contributed by atoms with Gasteiger partial charge in [0.05, 0.1) is 23.6 Å². The predicted octanol–water partition coefficient (Wildman–Crippen LogP) is 1.03. The molecular weight excluding hydrogens is 210 g/mol. The molecule has 0 saturated heterocycles. The first-order chi connectivity index (χ1) is 7.42. The zero-order valence-corrected chi connectivity index (χ0v) is 9.11. The van der Waals surface area contributed by atoms with E-state index in [-0.39, 0.29) is 6.04 Å². The molecule has 0 amide bonds. The topological polar surface area (TPSA) is 63.6 Å². The van der Waals surface area contributed by atoms with Gasteiger partial charge in [-0.2, -0.15) is 0 Å². The van der Waals surface area contributed by atoms with E-state index < -0.39 is 0 Å². The highest BCUT2D eigenvalue weighted by atomic mass is 32.1. The zero-order chi connectivity index (χ0) is 10.5. The molecule has 0 fully saturated rings. The number of nitrogens with zero attached hydrogens (tertiary/aromatic N) is 4. The summed E-state index contributed by atoms with van der Waals surface area (Å²) >= 11 is 1.34. The van der Waals surface area contributed by atoms with Gasteiger partial charge in [0, 0.05) is 17.8 Å². The van der Waals surface area contributed by atoms with Crippen LogP contribution in [0.4, 0.5) is 0 Å². The first kappa shape index (κ1) is 10.1. The molecule has 0 spiro atoms. The molecule has 0 aromatic carbocycles. The molecule has 2 rings (SSSR count). The molecule has 0 saturated carbocycles. The minimum Gasteiger partial charge on any atom is -0.304 e. The van der Waals surface area contributed by atoms with Crippen LogP contribution in [0.5, 0.6) is 0 Å². The third-order valence-electron chi connectivity index (χ3n) is 1.96. The van der Waals surface area contributed by atoms with Gasteiger partial charge in [-0.1, -0.05) is 11.4 Å². The van der Waals surface area contributed by atoms with Crippen LogP contribution >= 0.6 is 11.5 Å². The third-order valence-corrected chi connectivity index (χ3v) is 2.48. The van der Waals surface area contributed by atoms with E-state index >= 15 is 0 Å². The predicted molar refractivity (Wildman–Crippen MR) is 57.5 cm³/mol. The second-order valence-electron chi connectivity index (χ2n) is 2.95. The molecule has 2 aromatic rings. The molecule has 0 bridgehead atoms. The summed E-state index contributed by atoms with van der Waals surface area (Å²) in [5.74, 6) is 0. The average Bonchev–Trinajstić information content (AvgIpc) is 2.80. The van der Waals surface area contributed by atoms with E-state index in [1.807, 2.05) is 12.3 Å². The van der Waals surface area contributed by atoms with E-state index in [4.69, 9.17) is 0 Å². The third kappa shape index (κ3) is 2.34. The summed E-state index contributed by atoms with van der Waals surface area (Å²) in [6.45, 7) is 2.89. The van der Waals surface area contributed by atoms with Gasteiger partial charge in [-0.15, -0.1) is 5.10 Å². The van der Waals surface area contributed by atoms with Crippen LogP contribution in [0.2, 0.25) is 0 Å². The van der Waals surface area contributed by atoms with Crippen molar-refractivity contribution < 1.29 is 0 Å². The Bertz CT molecular complexity index is 388. The van der Waals surface area contributed by atoms with Gasteiger partial charge in [0.25, 0.3) is 0 Å². The summed E-state index contributed by atoms with van der Waals surface area (Å²) in [5.41, 5.74) is 1.76. The van der Waals surface area contributed by atoms with Crippen LogP contribution in [-0.2, 0) is 0 Å². The van der Waals surface area contributed by atoms with Gasteiger partial charge in [-0.05, 0) is 18.1 Å². The lowest BCUT2D eigenvalue weighted by molar-refractivity contribution is 0.597. The zero-order valence-electron chi connectivity index (χ0n) is 8.29. The molecule has 2 aromatic heterocycles. The molecule has 0 radical (unpaired) electrons. The summed E-state index contributed by atoms with van der Waals surface area (Å²) in [4.78, 5) is 8.32. The van der Waals surface area contributed by atoms with Crippen molar-refractivity contribution in [3.05, 3.63) is 35.4 Å². The highest BCUT2D eigenvalue weighted by Crippen LogP contribution is 2.17. The van der Waals surface area contributed by atoms with Gasteiger partial charge in [0.2, 0.25) is 0 Å². The Morgan fingerprint density at radius 1 is 1.40 bits per heavy atom. The fraction of sp³-hybridized carbons (Fsp3) is 0.333. The van der Waals surface area contributed by atoms with E-state index in [1.165, 1.54) is 11.5 Å². The number of aromatic nitrogens is 4. The Kier molecular flexibility index (Phi) is 3.31. The van der Waals surface area contributed by atoms with Gasteiger partial charge in [0.1, 0.15) is 0 Å². The Hall–Kier alpha value is -1.40. The van der Waals surface area contributed by atoms with Crippen LogP contribution in [0.25, 0.3) is 0 Å². The Labute approximate surface area is 91.8 Å². The van der Waals surface area contributed by atoms with Crippen molar-refractivity contribution in [2.75, 3.05) is 6.54 Å². The fourth-order valence-electron chi connectivity index (χ4n) is 1.32. The number of hydrogen-bond donors (Lipinski definition) is 1. The molecule has 0 aliphatic carbocycles. The van der Waals surface area contributed by atoms with Gasteiger partial charge >= 0.3 is 0 Å². The van der Waals surface area contributed by atoms with E-state index in [0.29, 0.717) is 0 Å². The maximum absolute atomic E-state index is 4.27. The second-order valence-corrected chi connectivity index (χ2v) is 3.56. The lowest BCUT2D eigenvalue weighted by Crippen LogP contribution is -2.23. The molecule has 78 valence electrons. The second kappa shape index (κ2) is 4.90. The van der Waals surface area contributed by atoms with Crippen LogP contribution in [0, 0.1) is 0 Å². The lowest BCUT2D eigenvalue weighted by Gasteiger charge is -2.13. The normalized spacial score (nSPS) is 12.6. The van der Waals surface area contributed by atoms with Gasteiger partial charge in [-0.25, -0.2) is 0 Å². The van der Waals surface area contributed by atoms with Gasteiger partial charge in [-0.3, -0.25) is 9.97 Å². The van der Waals surface area contributed by atoms with Crippen molar-refractivity contribution in [2.24, 2.45) is 0 Å². The maximum Gasteiger partial charge on any atom is 0.0986 e. The lowest BCUT2D eigenvalue weighted by atomic mass is 10.1. The summed E-state index contributed by atoms with van der Waals surface area (Å²) in [6, 6.07) is -0.0116. The molecular formula is C9H11N5S. The molecule has 1 unspecified atom stereocenters. The van der Waals surface area contributed by atoms with Crippen molar-refractivity contribution >= 4 is 11.5 Å². The quantitative estimate of drug-likeness (QED) is 0.835. The maximum atomic E-state index is 4.27. The number of nitrogens with one attached hydrogen (secondary N) is 1. The Balaban J connectivity index is 2.28. The van der Waals surface area contributed by atoms with Crippen molar-refractivity contribution in [3.63, 3.8) is 0 Å². The molecule has 1 N–H and O–H groups in total. The minimum atomic E-state index is -0.0116. The number of hydrogen-bond acceptors (Lipinski definition) is 6. The highest BCUT2D eigenvalue weighted by molar-refractivity contribution is 7.03. The molecule has 0 aliphatic heterocycles. The molecule has 6 heteroatoms. The minimum absolute atomic E-state index is 0.0116. The van der Waals surface area contributed by atoms with Crippen LogP contribution in [0.15, 0.2) is 24.0 Å². The first-order valence-electron chi connectivity index (χ1n) is 4.68. The van der Waals surface area contributed by atoms with Crippen LogP contribution in [-0.4, -0.2) is 26.1 Å². The van der Waals surface area contributed by atoms with Crippen LogP contribution in [0.1, 0.15) is 24.4 Å². The largest absolute Gasteiger partial charge is 0.304 e. The van der Waals surface area contributed by atoms with Gasteiger partial charge in [0.15, 0.2) is 0 Å². The fourth-order valence-corrected chi connectivity index (χ4v) is 1.80. The van der Waals surface area contributed by atoms with Crippen molar-refractivity contribution in [1.29, 1.82) is 0 Å². The summed E-state index contributed by atoms with van der Waals surface area (Å²) in [5, 5.41) is 9.27. The smallest absolute Gasteiger partial charge is 0.0986 e. The van der Waals surface area contributed by atoms with Crippen molar-refractivity contribution in [3.8, 4) is 0 Å². The van der Waals surface area contributed by atoms with E-state index in [1.54, 1.807) is 18.6 Å². The standard InChI is InChI=1S/C9H11N5S/c1-2-11-9(8-6-15-14-13-8)7-5-10-3-4-12-7/h3-6,9,11H,2H2,1H3. The molecule has 2 heterocycles. The Morgan fingerprint density at radius 3 is 2.93 bits per heavy atom.